The number of nitrogens with zero attached hydrogens (tertiary/aromatic N) is 1. The normalized spacial score (nSPS) is 11.2. The highest BCUT2D eigenvalue weighted by Crippen LogP contribution is 2.43. The molecule has 2 heterocycles. The van der Waals surface area contributed by atoms with Crippen molar-refractivity contribution in [3.63, 3.8) is 0 Å². The molecule has 0 saturated carbocycles. The molecule has 0 aliphatic heterocycles. The van der Waals surface area contributed by atoms with Gasteiger partial charge < -0.3 is 8.98 Å². The maximum atomic E-state index is 6.45. The van der Waals surface area contributed by atoms with Crippen molar-refractivity contribution >= 4 is 10.9 Å². The van der Waals surface area contributed by atoms with Crippen molar-refractivity contribution in [3.05, 3.63) is 96.7 Å². The third-order valence-electron chi connectivity index (χ3n) is 5.50. The largest absolute Gasteiger partial charge is 0.455 e. The van der Waals surface area contributed by atoms with Crippen LogP contribution in [0.2, 0.25) is 0 Å². The molecule has 2 aromatic heterocycles. The number of benzene rings is 3. The summed E-state index contributed by atoms with van der Waals surface area (Å²) in [6.45, 7) is 2.18. The number of aryl methyl sites for hydroxylation is 1. The number of hydrogen-bond donors (Lipinski definition) is 0. The van der Waals surface area contributed by atoms with Gasteiger partial charge in [0.25, 0.3) is 0 Å². The molecule has 136 valence electrons. The SMILES string of the molecule is Cc1c(-c2cc(-c3ccccc3)oc2-c2ccccc2)c2ccccc2n1C. The molecule has 0 spiro atoms. The van der Waals surface area contributed by atoms with Crippen LogP contribution in [0.3, 0.4) is 0 Å². The number of furan rings is 1. The first-order chi connectivity index (χ1) is 13.7. The Balaban J connectivity index is 1.83. The van der Waals surface area contributed by atoms with E-state index in [0.29, 0.717) is 0 Å². The summed E-state index contributed by atoms with van der Waals surface area (Å²) < 4.78 is 8.70. The Morgan fingerprint density at radius 1 is 0.714 bits per heavy atom. The number of para-hydroxylation sites is 1. The van der Waals surface area contributed by atoms with Crippen LogP contribution in [-0.4, -0.2) is 4.57 Å². The van der Waals surface area contributed by atoms with Crippen LogP contribution in [-0.2, 0) is 7.05 Å². The summed E-state index contributed by atoms with van der Waals surface area (Å²) >= 11 is 0. The molecule has 0 saturated heterocycles. The monoisotopic (exact) mass is 363 g/mol. The predicted molar refractivity (Wildman–Crippen MR) is 116 cm³/mol. The Morgan fingerprint density at radius 3 is 2.04 bits per heavy atom. The molecule has 28 heavy (non-hydrogen) atoms. The van der Waals surface area contributed by atoms with Crippen molar-refractivity contribution in [2.24, 2.45) is 7.05 Å². The van der Waals surface area contributed by atoms with Gasteiger partial charge in [-0.1, -0.05) is 78.9 Å². The summed E-state index contributed by atoms with van der Waals surface area (Å²) in [7, 11) is 2.13. The molecule has 0 bridgehead atoms. The second kappa shape index (κ2) is 6.58. The zero-order valence-corrected chi connectivity index (χ0v) is 16.0. The van der Waals surface area contributed by atoms with E-state index in [2.05, 4.69) is 85.3 Å². The number of fused-ring (bicyclic) bond motifs is 1. The van der Waals surface area contributed by atoms with Gasteiger partial charge in [-0.25, -0.2) is 0 Å². The molecule has 0 atom stereocenters. The zero-order valence-electron chi connectivity index (χ0n) is 16.0. The summed E-state index contributed by atoms with van der Waals surface area (Å²) in [5.41, 5.74) is 7.02. The summed E-state index contributed by atoms with van der Waals surface area (Å²) in [5.74, 6) is 1.81. The van der Waals surface area contributed by atoms with Crippen LogP contribution in [0.5, 0.6) is 0 Å². The topological polar surface area (TPSA) is 18.1 Å². The van der Waals surface area contributed by atoms with Gasteiger partial charge in [0.15, 0.2) is 0 Å². The van der Waals surface area contributed by atoms with Crippen molar-refractivity contribution in [1.29, 1.82) is 0 Å². The van der Waals surface area contributed by atoms with E-state index in [1.165, 1.54) is 22.2 Å². The van der Waals surface area contributed by atoms with Gasteiger partial charge in [0, 0.05) is 45.9 Å². The molecule has 0 aliphatic carbocycles. The van der Waals surface area contributed by atoms with Crippen LogP contribution < -0.4 is 0 Å². The lowest BCUT2D eigenvalue weighted by atomic mass is 9.98. The highest BCUT2D eigenvalue weighted by molar-refractivity contribution is 6.01. The molecule has 0 amide bonds. The van der Waals surface area contributed by atoms with Crippen molar-refractivity contribution < 1.29 is 4.42 Å². The molecule has 2 heteroatoms. The lowest BCUT2D eigenvalue weighted by Crippen LogP contribution is -1.90. The molecule has 5 rings (SSSR count). The van der Waals surface area contributed by atoms with Gasteiger partial charge in [0.05, 0.1) is 0 Å². The van der Waals surface area contributed by atoms with Crippen LogP contribution in [0.15, 0.2) is 95.4 Å². The molecule has 0 fully saturated rings. The molecule has 2 nitrogen and oxygen atoms in total. The van der Waals surface area contributed by atoms with Crippen molar-refractivity contribution in [2.45, 2.75) is 6.92 Å². The molecular formula is C26H21NO. The molecule has 5 aromatic rings. The maximum Gasteiger partial charge on any atom is 0.142 e. The number of hydrogen-bond acceptors (Lipinski definition) is 1. The minimum Gasteiger partial charge on any atom is -0.455 e. The first kappa shape index (κ1) is 16.6. The standard InChI is InChI=1S/C26H21NO/c1-18-25(21-15-9-10-16-23(21)27(18)2)22-17-24(19-11-5-3-6-12-19)28-26(22)20-13-7-4-8-14-20/h3-17H,1-2H3. The lowest BCUT2D eigenvalue weighted by Gasteiger charge is -2.04. The van der Waals surface area contributed by atoms with Gasteiger partial charge in [0.1, 0.15) is 11.5 Å². The fourth-order valence-electron chi connectivity index (χ4n) is 3.99. The van der Waals surface area contributed by atoms with Crippen LogP contribution in [0.25, 0.3) is 44.7 Å². The minimum absolute atomic E-state index is 0.891. The molecule has 0 radical (unpaired) electrons. The summed E-state index contributed by atoms with van der Waals surface area (Å²) in [6, 6.07) is 31.4. The van der Waals surface area contributed by atoms with Crippen LogP contribution in [0.4, 0.5) is 0 Å². The summed E-state index contributed by atoms with van der Waals surface area (Å²) in [5, 5.41) is 1.25. The number of rotatable bonds is 3. The van der Waals surface area contributed by atoms with Gasteiger partial charge in [0.2, 0.25) is 0 Å². The maximum absolute atomic E-state index is 6.45. The minimum atomic E-state index is 0.891. The second-order valence-corrected chi connectivity index (χ2v) is 7.12. The third kappa shape index (κ3) is 2.57. The lowest BCUT2D eigenvalue weighted by molar-refractivity contribution is 0.598. The van der Waals surface area contributed by atoms with E-state index in [0.717, 1.165) is 28.2 Å². The van der Waals surface area contributed by atoms with Gasteiger partial charge in [-0.2, -0.15) is 0 Å². The van der Waals surface area contributed by atoms with Crippen LogP contribution >= 0.6 is 0 Å². The highest BCUT2D eigenvalue weighted by atomic mass is 16.3. The van der Waals surface area contributed by atoms with Crippen molar-refractivity contribution in [3.8, 4) is 33.8 Å². The van der Waals surface area contributed by atoms with Crippen LogP contribution in [0, 0.1) is 6.92 Å². The molecule has 3 aromatic carbocycles. The van der Waals surface area contributed by atoms with E-state index in [9.17, 15) is 0 Å². The van der Waals surface area contributed by atoms with E-state index in [-0.39, 0.29) is 0 Å². The van der Waals surface area contributed by atoms with E-state index in [1.807, 2.05) is 24.3 Å². The first-order valence-corrected chi connectivity index (χ1v) is 9.53. The van der Waals surface area contributed by atoms with Crippen LogP contribution in [0.1, 0.15) is 5.69 Å². The Labute approximate surface area is 164 Å². The number of aromatic nitrogens is 1. The first-order valence-electron chi connectivity index (χ1n) is 9.53. The Morgan fingerprint density at radius 2 is 1.32 bits per heavy atom. The zero-order chi connectivity index (χ0) is 19.1. The molecule has 0 unspecified atom stereocenters. The molecular weight excluding hydrogens is 342 g/mol. The third-order valence-corrected chi connectivity index (χ3v) is 5.50. The Kier molecular flexibility index (Phi) is 3.91. The van der Waals surface area contributed by atoms with Gasteiger partial charge in [-0.15, -0.1) is 0 Å². The quantitative estimate of drug-likeness (QED) is 0.335. The average Bonchev–Trinajstić information content (AvgIpc) is 3.29. The van der Waals surface area contributed by atoms with Gasteiger partial charge in [-0.3, -0.25) is 0 Å². The van der Waals surface area contributed by atoms with E-state index >= 15 is 0 Å². The van der Waals surface area contributed by atoms with E-state index in [4.69, 9.17) is 4.42 Å². The highest BCUT2D eigenvalue weighted by Gasteiger charge is 2.21. The molecule has 0 N–H and O–H groups in total. The average molecular weight is 363 g/mol. The molecule has 0 aliphatic rings. The van der Waals surface area contributed by atoms with E-state index < -0.39 is 0 Å². The fourth-order valence-corrected chi connectivity index (χ4v) is 3.99. The van der Waals surface area contributed by atoms with Crippen molar-refractivity contribution in [2.75, 3.05) is 0 Å². The Hall–Kier alpha value is -3.52. The Bertz CT molecular complexity index is 1260. The van der Waals surface area contributed by atoms with Gasteiger partial charge in [-0.05, 0) is 19.1 Å². The van der Waals surface area contributed by atoms with Crippen molar-refractivity contribution in [1.82, 2.24) is 4.57 Å². The fraction of sp³-hybridized carbons (Fsp3) is 0.0769. The summed E-state index contributed by atoms with van der Waals surface area (Å²) in [6.07, 6.45) is 0. The second-order valence-electron chi connectivity index (χ2n) is 7.12. The smallest absolute Gasteiger partial charge is 0.142 e. The summed E-state index contributed by atoms with van der Waals surface area (Å²) in [4.78, 5) is 0. The van der Waals surface area contributed by atoms with Gasteiger partial charge >= 0.3 is 0 Å². The predicted octanol–water partition coefficient (Wildman–Crippen LogP) is 7.08. The van der Waals surface area contributed by atoms with E-state index in [1.54, 1.807) is 0 Å².